The van der Waals surface area contributed by atoms with Gasteiger partial charge >= 0.3 is 0 Å². The van der Waals surface area contributed by atoms with E-state index in [-0.39, 0.29) is 11.8 Å². The lowest BCUT2D eigenvalue weighted by Crippen LogP contribution is -2.03. The topological polar surface area (TPSA) is 42.2 Å². The number of aromatic nitrogens is 1. The molecule has 0 amide bonds. The summed E-state index contributed by atoms with van der Waals surface area (Å²) in [5.74, 6) is -0.188. The van der Waals surface area contributed by atoms with Crippen molar-refractivity contribution < 1.29 is 9.90 Å². The quantitative estimate of drug-likeness (QED) is 0.665. The Balaban J connectivity index is 2.86. The molecule has 1 aromatic carbocycles. The molecule has 66 valence electrons. The molecule has 1 N–H and O–H groups in total. The monoisotopic (exact) mass is 175 g/mol. The first-order chi connectivity index (χ1) is 6.20. The molecule has 1 heterocycles. The summed E-state index contributed by atoms with van der Waals surface area (Å²) in [6.07, 6.45) is 0. The fraction of sp³-hybridized carbons (Fsp3) is 0.100. The molecule has 0 aliphatic rings. The smallest absolute Gasteiger partial charge is 0.230 e. The molecule has 3 heteroatoms. The van der Waals surface area contributed by atoms with E-state index in [1.54, 1.807) is 12.1 Å². The second-order valence-electron chi connectivity index (χ2n) is 2.92. The summed E-state index contributed by atoms with van der Waals surface area (Å²) in [4.78, 5) is 11.1. The van der Waals surface area contributed by atoms with Gasteiger partial charge in [-0.1, -0.05) is 18.2 Å². The molecule has 2 rings (SSSR count). The minimum absolute atomic E-state index is 0.00583. The van der Waals surface area contributed by atoms with Crippen molar-refractivity contribution >= 4 is 16.8 Å². The number of nitrogens with zero attached hydrogens (tertiary/aromatic N) is 1. The zero-order valence-electron chi connectivity index (χ0n) is 7.19. The highest BCUT2D eigenvalue weighted by atomic mass is 16.3. The molecular weight excluding hydrogens is 166 g/mol. The highest BCUT2D eigenvalue weighted by Gasteiger charge is 2.09. The average molecular weight is 175 g/mol. The lowest BCUT2D eigenvalue weighted by atomic mass is 10.2. The van der Waals surface area contributed by atoms with Crippen LogP contribution in [0.25, 0.3) is 10.9 Å². The number of rotatable bonds is 0. The largest absolute Gasteiger partial charge is 0.494 e. The third-order valence-electron chi connectivity index (χ3n) is 2.01. The average Bonchev–Trinajstić information content (AvgIpc) is 2.39. The first-order valence-electron chi connectivity index (χ1n) is 4.00. The first-order valence-corrected chi connectivity index (χ1v) is 4.00. The van der Waals surface area contributed by atoms with E-state index in [1.807, 2.05) is 18.2 Å². The van der Waals surface area contributed by atoms with E-state index in [2.05, 4.69) is 0 Å². The van der Waals surface area contributed by atoms with E-state index < -0.39 is 0 Å². The van der Waals surface area contributed by atoms with Crippen LogP contribution in [0.5, 0.6) is 5.88 Å². The maximum atomic E-state index is 11.1. The highest BCUT2D eigenvalue weighted by molar-refractivity contribution is 5.93. The molecule has 1 aromatic heterocycles. The van der Waals surface area contributed by atoms with Crippen molar-refractivity contribution in [1.82, 2.24) is 4.57 Å². The normalized spacial score (nSPS) is 10.5. The number of para-hydroxylation sites is 1. The van der Waals surface area contributed by atoms with Crippen LogP contribution in [0.15, 0.2) is 30.3 Å². The van der Waals surface area contributed by atoms with Gasteiger partial charge in [-0.3, -0.25) is 9.36 Å². The molecule has 0 spiro atoms. The number of hydrogen-bond donors (Lipinski definition) is 1. The summed E-state index contributed by atoms with van der Waals surface area (Å²) in [6.45, 7) is 1.42. The summed E-state index contributed by atoms with van der Waals surface area (Å²) in [6, 6.07) is 8.94. The number of hydrogen-bond acceptors (Lipinski definition) is 2. The van der Waals surface area contributed by atoms with Gasteiger partial charge in [0.1, 0.15) is 0 Å². The maximum Gasteiger partial charge on any atom is 0.230 e. The Labute approximate surface area is 75.2 Å². The van der Waals surface area contributed by atoms with Gasteiger partial charge in [0.25, 0.3) is 0 Å². The molecule has 0 radical (unpaired) electrons. The molecule has 0 unspecified atom stereocenters. The zero-order valence-corrected chi connectivity index (χ0v) is 7.19. The molecule has 3 nitrogen and oxygen atoms in total. The van der Waals surface area contributed by atoms with Gasteiger partial charge in [0.15, 0.2) is 5.88 Å². The number of benzene rings is 1. The molecule has 0 atom stereocenters. The van der Waals surface area contributed by atoms with Crippen LogP contribution in [0.4, 0.5) is 0 Å². The third kappa shape index (κ3) is 1.09. The Morgan fingerprint density at radius 1 is 1.38 bits per heavy atom. The van der Waals surface area contributed by atoms with Gasteiger partial charge in [0, 0.05) is 18.4 Å². The van der Waals surface area contributed by atoms with E-state index in [1.165, 1.54) is 11.5 Å². The number of carbonyl (C=O) groups excluding carboxylic acids is 1. The molecule has 0 fully saturated rings. The van der Waals surface area contributed by atoms with Crippen molar-refractivity contribution in [2.24, 2.45) is 0 Å². The summed E-state index contributed by atoms with van der Waals surface area (Å²) in [7, 11) is 0. The van der Waals surface area contributed by atoms with Crippen molar-refractivity contribution in [3.63, 3.8) is 0 Å². The van der Waals surface area contributed by atoms with Gasteiger partial charge in [0.2, 0.25) is 5.91 Å². The Morgan fingerprint density at radius 3 is 2.77 bits per heavy atom. The van der Waals surface area contributed by atoms with E-state index in [4.69, 9.17) is 0 Å². The summed E-state index contributed by atoms with van der Waals surface area (Å²) in [5.41, 5.74) is 0.743. The molecule has 0 aliphatic carbocycles. The van der Waals surface area contributed by atoms with Crippen molar-refractivity contribution in [3.8, 4) is 5.88 Å². The van der Waals surface area contributed by atoms with Gasteiger partial charge in [-0.05, 0) is 6.07 Å². The number of carbonyl (C=O) groups is 1. The van der Waals surface area contributed by atoms with E-state index in [9.17, 15) is 9.90 Å². The number of aromatic hydroxyl groups is 1. The second kappa shape index (κ2) is 2.62. The molecule has 13 heavy (non-hydrogen) atoms. The minimum Gasteiger partial charge on any atom is -0.494 e. The maximum absolute atomic E-state index is 11.1. The lowest BCUT2D eigenvalue weighted by molar-refractivity contribution is 0.0933. The van der Waals surface area contributed by atoms with E-state index in [0.717, 1.165) is 10.9 Å². The van der Waals surface area contributed by atoms with Crippen molar-refractivity contribution in [2.45, 2.75) is 6.92 Å². The van der Waals surface area contributed by atoms with Gasteiger partial charge in [0.05, 0.1) is 5.52 Å². The van der Waals surface area contributed by atoms with Gasteiger partial charge in [-0.2, -0.15) is 0 Å². The first kappa shape index (κ1) is 7.86. The van der Waals surface area contributed by atoms with Crippen LogP contribution in [-0.2, 0) is 0 Å². The Morgan fingerprint density at radius 2 is 2.08 bits per heavy atom. The van der Waals surface area contributed by atoms with Crippen LogP contribution < -0.4 is 0 Å². The fourth-order valence-electron chi connectivity index (χ4n) is 1.47. The predicted molar refractivity (Wildman–Crippen MR) is 49.9 cm³/mol. The van der Waals surface area contributed by atoms with E-state index in [0.29, 0.717) is 0 Å². The lowest BCUT2D eigenvalue weighted by Gasteiger charge is -1.99. The minimum atomic E-state index is -0.182. The second-order valence-corrected chi connectivity index (χ2v) is 2.92. The van der Waals surface area contributed by atoms with Crippen LogP contribution in [0.1, 0.15) is 11.7 Å². The molecular formula is C10H9NO2. The SMILES string of the molecule is CC(=O)n1c(O)cc2ccccc21. The van der Waals surface area contributed by atoms with Crippen LogP contribution in [0.2, 0.25) is 0 Å². The van der Waals surface area contributed by atoms with Gasteiger partial charge in [-0.15, -0.1) is 0 Å². The molecule has 0 saturated heterocycles. The van der Waals surface area contributed by atoms with Crippen LogP contribution >= 0.6 is 0 Å². The molecule has 0 saturated carbocycles. The van der Waals surface area contributed by atoms with Crippen molar-refractivity contribution in [3.05, 3.63) is 30.3 Å². The Kier molecular flexibility index (Phi) is 1.59. The van der Waals surface area contributed by atoms with Crippen molar-refractivity contribution in [2.75, 3.05) is 0 Å². The zero-order chi connectivity index (χ0) is 9.42. The highest BCUT2D eigenvalue weighted by Crippen LogP contribution is 2.23. The van der Waals surface area contributed by atoms with Gasteiger partial charge < -0.3 is 5.11 Å². The van der Waals surface area contributed by atoms with Crippen LogP contribution in [-0.4, -0.2) is 15.6 Å². The number of fused-ring (bicyclic) bond motifs is 1. The van der Waals surface area contributed by atoms with Gasteiger partial charge in [-0.25, -0.2) is 0 Å². The Bertz CT molecular complexity index is 471. The predicted octanol–water partition coefficient (Wildman–Crippen LogP) is 2.01. The van der Waals surface area contributed by atoms with Crippen molar-refractivity contribution in [1.29, 1.82) is 0 Å². The Hall–Kier alpha value is -1.77. The fourth-order valence-corrected chi connectivity index (χ4v) is 1.47. The molecule has 2 aromatic rings. The molecule has 0 bridgehead atoms. The van der Waals surface area contributed by atoms with E-state index >= 15 is 0 Å². The summed E-state index contributed by atoms with van der Waals surface area (Å²) in [5, 5.41) is 10.3. The standard InChI is InChI=1S/C10H9NO2/c1-7(12)11-9-5-3-2-4-8(9)6-10(11)13/h2-6,13H,1H3. The molecule has 0 aliphatic heterocycles. The summed E-state index contributed by atoms with van der Waals surface area (Å²) < 4.78 is 1.29. The summed E-state index contributed by atoms with van der Waals surface area (Å²) >= 11 is 0. The third-order valence-corrected chi connectivity index (χ3v) is 2.01. The van der Waals surface area contributed by atoms with Crippen LogP contribution in [0.3, 0.4) is 0 Å². The van der Waals surface area contributed by atoms with Crippen LogP contribution in [0, 0.1) is 0 Å².